The summed E-state index contributed by atoms with van der Waals surface area (Å²) >= 11 is 0. The molecule has 1 aliphatic carbocycles. The predicted octanol–water partition coefficient (Wildman–Crippen LogP) is 0.829. The zero-order valence-electron chi connectivity index (χ0n) is 6.55. The maximum atomic E-state index is 5.49. The Balaban J connectivity index is 2.03. The van der Waals surface area contributed by atoms with E-state index in [1.54, 1.807) is 0 Å². The van der Waals surface area contributed by atoms with Crippen molar-refractivity contribution in [1.29, 1.82) is 0 Å². The van der Waals surface area contributed by atoms with Crippen LogP contribution in [0.25, 0.3) is 0 Å². The largest absolute Gasteiger partial charge is 0.328 e. The van der Waals surface area contributed by atoms with Gasteiger partial charge >= 0.3 is 0 Å². The van der Waals surface area contributed by atoms with Crippen molar-refractivity contribution in [2.45, 2.75) is 18.9 Å². The van der Waals surface area contributed by atoms with Gasteiger partial charge in [0.1, 0.15) is 0 Å². The van der Waals surface area contributed by atoms with Gasteiger partial charge in [0, 0.05) is 0 Å². The lowest BCUT2D eigenvalue weighted by atomic mass is 10.7. The summed E-state index contributed by atoms with van der Waals surface area (Å²) in [6.45, 7) is 0.852. The van der Waals surface area contributed by atoms with Crippen LogP contribution in [0.2, 0.25) is 0 Å². The molecule has 54 valence electrons. The number of rotatable bonds is 3. The molecule has 9 heavy (non-hydrogen) atoms. The average Bonchev–Trinajstić information content (AvgIpc) is 2.38. The van der Waals surface area contributed by atoms with Gasteiger partial charge in [-0.3, -0.25) is 0 Å². The van der Waals surface area contributed by atoms with Crippen molar-refractivity contribution in [3.63, 3.8) is 0 Å². The third-order valence-corrected chi connectivity index (χ3v) is 1.22. The number of nitrogens with zero attached hydrogens (tertiary/aromatic N) is 1. The SMILES string of the molecule is C[N+](C)(C)COC1CC1. The van der Waals surface area contributed by atoms with E-state index in [2.05, 4.69) is 21.1 Å². The quantitative estimate of drug-likeness (QED) is 0.406. The zero-order valence-corrected chi connectivity index (χ0v) is 6.55. The summed E-state index contributed by atoms with van der Waals surface area (Å²) < 4.78 is 6.40. The van der Waals surface area contributed by atoms with Crippen LogP contribution in [0.3, 0.4) is 0 Å². The smallest absolute Gasteiger partial charge is 0.182 e. The molecule has 1 aliphatic rings. The Morgan fingerprint density at radius 2 is 1.89 bits per heavy atom. The van der Waals surface area contributed by atoms with Crippen molar-refractivity contribution in [3.8, 4) is 0 Å². The summed E-state index contributed by atoms with van der Waals surface area (Å²) in [4.78, 5) is 0. The highest BCUT2D eigenvalue weighted by Gasteiger charge is 2.24. The Labute approximate surface area is 57.0 Å². The molecule has 0 spiro atoms. The first kappa shape index (κ1) is 7.03. The van der Waals surface area contributed by atoms with Crippen LogP contribution in [-0.4, -0.2) is 38.5 Å². The minimum absolute atomic E-state index is 0.599. The van der Waals surface area contributed by atoms with Gasteiger partial charge in [0.25, 0.3) is 0 Å². The number of ether oxygens (including phenoxy) is 1. The highest BCUT2D eigenvalue weighted by atomic mass is 16.5. The number of quaternary nitrogens is 1. The Morgan fingerprint density at radius 3 is 2.22 bits per heavy atom. The maximum Gasteiger partial charge on any atom is 0.182 e. The molecule has 0 heterocycles. The Kier molecular flexibility index (Phi) is 1.78. The zero-order chi connectivity index (χ0) is 6.91. The third kappa shape index (κ3) is 3.49. The topological polar surface area (TPSA) is 9.23 Å². The Hall–Kier alpha value is -0.0800. The fourth-order valence-electron chi connectivity index (χ4n) is 0.564. The normalized spacial score (nSPS) is 20.3. The highest BCUT2D eigenvalue weighted by Crippen LogP contribution is 2.23. The first-order chi connectivity index (χ1) is 4.08. The van der Waals surface area contributed by atoms with Gasteiger partial charge in [0.05, 0.1) is 27.2 Å². The van der Waals surface area contributed by atoms with E-state index >= 15 is 0 Å². The van der Waals surface area contributed by atoms with Crippen LogP contribution in [0, 0.1) is 0 Å². The van der Waals surface area contributed by atoms with Crippen molar-refractivity contribution >= 4 is 0 Å². The predicted molar refractivity (Wildman–Crippen MR) is 37.0 cm³/mol. The molecule has 2 nitrogen and oxygen atoms in total. The van der Waals surface area contributed by atoms with Crippen LogP contribution in [-0.2, 0) is 4.74 Å². The van der Waals surface area contributed by atoms with Crippen LogP contribution in [0.1, 0.15) is 12.8 Å². The van der Waals surface area contributed by atoms with Gasteiger partial charge in [-0.2, -0.15) is 0 Å². The molecule has 0 aliphatic heterocycles. The molecule has 1 fully saturated rings. The fraction of sp³-hybridized carbons (Fsp3) is 1.00. The van der Waals surface area contributed by atoms with Crippen molar-refractivity contribution < 1.29 is 9.22 Å². The molecule has 1 rings (SSSR count). The fourth-order valence-corrected chi connectivity index (χ4v) is 0.564. The van der Waals surface area contributed by atoms with Crippen LogP contribution >= 0.6 is 0 Å². The minimum Gasteiger partial charge on any atom is -0.328 e. The van der Waals surface area contributed by atoms with Crippen molar-refractivity contribution in [3.05, 3.63) is 0 Å². The second-order valence-electron chi connectivity index (χ2n) is 3.79. The molecule has 0 N–H and O–H groups in total. The summed E-state index contributed by atoms with van der Waals surface area (Å²) in [5, 5.41) is 0. The second kappa shape index (κ2) is 2.27. The molecule has 0 amide bonds. The molecule has 0 aromatic rings. The lowest BCUT2D eigenvalue weighted by Crippen LogP contribution is -2.36. The van der Waals surface area contributed by atoms with Gasteiger partial charge in [-0.05, 0) is 12.8 Å². The maximum absolute atomic E-state index is 5.49. The summed E-state index contributed by atoms with van der Waals surface area (Å²) in [5.41, 5.74) is 0. The van der Waals surface area contributed by atoms with Gasteiger partial charge in [-0.1, -0.05) is 0 Å². The van der Waals surface area contributed by atoms with Crippen LogP contribution in [0.15, 0.2) is 0 Å². The van der Waals surface area contributed by atoms with E-state index in [9.17, 15) is 0 Å². The average molecular weight is 130 g/mol. The van der Waals surface area contributed by atoms with E-state index in [-0.39, 0.29) is 0 Å². The lowest BCUT2D eigenvalue weighted by molar-refractivity contribution is -0.891. The molecule has 0 atom stereocenters. The third-order valence-electron chi connectivity index (χ3n) is 1.22. The molecular formula is C7H16NO+. The molecule has 0 unspecified atom stereocenters. The summed E-state index contributed by atoms with van der Waals surface area (Å²) in [6.07, 6.45) is 3.15. The van der Waals surface area contributed by atoms with Crippen molar-refractivity contribution in [1.82, 2.24) is 0 Å². The molecule has 0 aromatic carbocycles. The van der Waals surface area contributed by atoms with Crippen molar-refractivity contribution in [2.75, 3.05) is 27.9 Å². The Morgan fingerprint density at radius 1 is 1.33 bits per heavy atom. The van der Waals surface area contributed by atoms with Gasteiger partial charge in [0.15, 0.2) is 6.73 Å². The van der Waals surface area contributed by atoms with Gasteiger partial charge in [0.2, 0.25) is 0 Å². The van der Waals surface area contributed by atoms with Gasteiger partial charge in [-0.25, -0.2) is 0 Å². The summed E-state index contributed by atoms with van der Waals surface area (Å²) in [6, 6.07) is 0. The van der Waals surface area contributed by atoms with E-state index in [0.717, 1.165) is 11.2 Å². The van der Waals surface area contributed by atoms with E-state index < -0.39 is 0 Å². The van der Waals surface area contributed by atoms with Crippen LogP contribution in [0.5, 0.6) is 0 Å². The van der Waals surface area contributed by atoms with Gasteiger partial charge in [-0.15, -0.1) is 0 Å². The van der Waals surface area contributed by atoms with Crippen molar-refractivity contribution in [2.24, 2.45) is 0 Å². The Bertz CT molecular complexity index is 91.6. The van der Waals surface area contributed by atoms with E-state index in [1.807, 2.05) is 0 Å². The first-order valence-corrected chi connectivity index (χ1v) is 3.50. The molecule has 0 aromatic heterocycles. The lowest BCUT2D eigenvalue weighted by Gasteiger charge is -2.22. The molecule has 0 radical (unpaired) electrons. The standard InChI is InChI=1S/C7H16NO/c1-8(2,3)6-9-7-4-5-7/h7H,4-6H2,1-3H3/q+1. The molecule has 0 bridgehead atoms. The summed E-state index contributed by atoms with van der Waals surface area (Å²) in [7, 11) is 6.42. The molecular weight excluding hydrogens is 114 g/mol. The van der Waals surface area contributed by atoms with E-state index in [1.165, 1.54) is 12.8 Å². The molecule has 2 heteroatoms. The summed E-state index contributed by atoms with van der Waals surface area (Å²) in [5.74, 6) is 0. The van der Waals surface area contributed by atoms with E-state index in [4.69, 9.17) is 4.74 Å². The first-order valence-electron chi connectivity index (χ1n) is 3.50. The number of hydrogen-bond donors (Lipinski definition) is 0. The molecule has 0 saturated heterocycles. The van der Waals surface area contributed by atoms with Gasteiger partial charge < -0.3 is 9.22 Å². The second-order valence-corrected chi connectivity index (χ2v) is 3.79. The monoisotopic (exact) mass is 130 g/mol. The minimum atomic E-state index is 0.599. The van der Waals surface area contributed by atoms with Crippen LogP contribution in [0.4, 0.5) is 0 Å². The van der Waals surface area contributed by atoms with E-state index in [0.29, 0.717) is 6.10 Å². The molecule has 1 saturated carbocycles. The van der Waals surface area contributed by atoms with Crippen LogP contribution < -0.4 is 0 Å². The highest BCUT2D eigenvalue weighted by molar-refractivity contribution is 4.72. The number of hydrogen-bond acceptors (Lipinski definition) is 1.